The van der Waals surface area contributed by atoms with E-state index >= 15 is 0 Å². The number of benzene rings is 1. The highest BCUT2D eigenvalue weighted by Gasteiger charge is 2.29. The normalized spacial score (nSPS) is 21.2. The van der Waals surface area contributed by atoms with Crippen molar-refractivity contribution in [3.63, 3.8) is 0 Å². The first-order chi connectivity index (χ1) is 11.5. The number of amides is 1. The van der Waals surface area contributed by atoms with Crippen LogP contribution in [0.15, 0.2) is 29.1 Å². The number of hydrogen-bond donors (Lipinski definition) is 0. The molecule has 0 radical (unpaired) electrons. The Labute approximate surface area is 141 Å². The number of carbonyl (C=O) groups excluding carboxylic acids is 1. The van der Waals surface area contributed by atoms with Crippen molar-refractivity contribution in [2.45, 2.75) is 45.9 Å². The number of aromatic nitrogens is 2. The van der Waals surface area contributed by atoms with Gasteiger partial charge in [-0.25, -0.2) is 4.68 Å². The summed E-state index contributed by atoms with van der Waals surface area (Å²) < 4.78 is 7.11. The summed E-state index contributed by atoms with van der Waals surface area (Å²) in [5.41, 5.74) is 0.202. The van der Waals surface area contributed by atoms with E-state index in [1.54, 1.807) is 17.0 Å². The third-order valence-corrected chi connectivity index (χ3v) is 4.21. The van der Waals surface area contributed by atoms with Crippen LogP contribution in [0, 0.1) is 0 Å². The van der Waals surface area contributed by atoms with Crippen LogP contribution in [0.25, 0.3) is 10.8 Å². The van der Waals surface area contributed by atoms with E-state index in [2.05, 4.69) is 5.10 Å². The van der Waals surface area contributed by atoms with Gasteiger partial charge in [-0.1, -0.05) is 25.1 Å². The third kappa shape index (κ3) is 3.06. The van der Waals surface area contributed by atoms with Crippen LogP contribution >= 0.6 is 0 Å². The Morgan fingerprint density at radius 3 is 2.46 bits per heavy atom. The molecule has 1 amide bonds. The van der Waals surface area contributed by atoms with Crippen LogP contribution in [0.4, 0.5) is 0 Å². The van der Waals surface area contributed by atoms with E-state index in [0.29, 0.717) is 36.1 Å². The highest BCUT2D eigenvalue weighted by Crippen LogP contribution is 2.18. The molecule has 0 aliphatic carbocycles. The third-order valence-electron chi connectivity index (χ3n) is 4.21. The van der Waals surface area contributed by atoms with Crippen molar-refractivity contribution in [3.8, 4) is 0 Å². The van der Waals surface area contributed by atoms with E-state index in [1.165, 1.54) is 4.68 Å². The fraction of sp³-hybridized carbons (Fsp3) is 0.500. The van der Waals surface area contributed by atoms with Crippen LogP contribution in [0.5, 0.6) is 0 Å². The maximum Gasteiger partial charge on any atom is 0.275 e. The number of nitrogens with zero attached hydrogens (tertiary/aromatic N) is 3. The number of aryl methyl sites for hydroxylation is 1. The molecule has 0 bridgehead atoms. The molecule has 1 fully saturated rings. The van der Waals surface area contributed by atoms with Crippen molar-refractivity contribution in [3.05, 3.63) is 40.3 Å². The zero-order valence-electron chi connectivity index (χ0n) is 14.4. The summed E-state index contributed by atoms with van der Waals surface area (Å²) in [6.45, 7) is 7.47. The summed E-state index contributed by atoms with van der Waals surface area (Å²) in [6, 6.07) is 7.19. The van der Waals surface area contributed by atoms with Crippen LogP contribution < -0.4 is 5.56 Å². The van der Waals surface area contributed by atoms with Gasteiger partial charge in [-0.3, -0.25) is 9.59 Å². The molecule has 1 aromatic heterocycles. The number of rotatable bonds is 3. The van der Waals surface area contributed by atoms with Crippen LogP contribution in [0.1, 0.15) is 37.7 Å². The monoisotopic (exact) mass is 329 g/mol. The number of hydrogen-bond acceptors (Lipinski definition) is 4. The maximum atomic E-state index is 13.1. The molecule has 1 aliphatic heterocycles. The lowest BCUT2D eigenvalue weighted by Gasteiger charge is -2.35. The van der Waals surface area contributed by atoms with E-state index in [9.17, 15) is 9.59 Å². The molecule has 2 heterocycles. The topological polar surface area (TPSA) is 64.4 Å². The van der Waals surface area contributed by atoms with E-state index < -0.39 is 0 Å². The summed E-state index contributed by atoms with van der Waals surface area (Å²) >= 11 is 0. The second-order valence-electron chi connectivity index (χ2n) is 6.39. The predicted octanol–water partition coefficient (Wildman–Crippen LogP) is 2.06. The molecule has 0 saturated carbocycles. The van der Waals surface area contributed by atoms with Crippen molar-refractivity contribution in [1.82, 2.24) is 14.7 Å². The van der Waals surface area contributed by atoms with E-state index in [1.807, 2.05) is 32.9 Å². The molecule has 1 aromatic carbocycles. The molecule has 24 heavy (non-hydrogen) atoms. The van der Waals surface area contributed by atoms with Gasteiger partial charge < -0.3 is 9.64 Å². The van der Waals surface area contributed by atoms with Crippen molar-refractivity contribution in [2.24, 2.45) is 0 Å². The molecule has 0 N–H and O–H groups in total. The lowest BCUT2D eigenvalue weighted by molar-refractivity contribution is -0.0587. The fourth-order valence-corrected chi connectivity index (χ4v) is 3.25. The number of morpholine rings is 1. The minimum Gasteiger partial charge on any atom is -0.372 e. The molecule has 2 aromatic rings. The molecular formula is C18H23N3O3. The van der Waals surface area contributed by atoms with Gasteiger partial charge in [0.15, 0.2) is 5.69 Å². The Bertz CT molecular complexity index is 805. The Balaban J connectivity index is 2.09. The Kier molecular flexibility index (Phi) is 4.66. The first-order valence-electron chi connectivity index (χ1n) is 8.45. The van der Waals surface area contributed by atoms with Gasteiger partial charge in [0.25, 0.3) is 11.5 Å². The SMILES string of the molecule is CCCn1nc(C(=O)N2CC(C)OC(C)C2)c2ccccc2c1=O. The number of carbonyl (C=O) groups is 1. The van der Waals surface area contributed by atoms with Crippen LogP contribution in [-0.2, 0) is 11.3 Å². The fourth-order valence-electron chi connectivity index (χ4n) is 3.25. The minimum atomic E-state index is -0.146. The molecular weight excluding hydrogens is 306 g/mol. The minimum absolute atomic E-state index is 0.00879. The molecule has 128 valence electrons. The predicted molar refractivity (Wildman–Crippen MR) is 92.2 cm³/mol. The summed E-state index contributed by atoms with van der Waals surface area (Å²) in [7, 11) is 0. The van der Waals surface area contributed by atoms with Crippen molar-refractivity contribution in [2.75, 3.05) is 13.1 Å². The molecule has 2 atom stereocenters. The van der Waals surface area contributed by atoms with Gasteiger partial charge in [0.2, 0.25) is 0 Å². The van der Waals surface area contributed by atoms with E-state index in [0.717, 1.165) is 6.42 Å². The average molecular weight is 329 g/mol. The summed E-state index contributed by atoms with van der Waals surface area (Å²) in [5.74, 6) is -0.141. The van der Waals surface area contributed by atoms with Gasteiger partial charge in [0, 0.05) is 25.0 Å². The molecule has 1 aliphatic rings. The summed E-state index contributed by atoms with van der Waals surface area (Å²) in [4.78, 5) is 27.4. The van der Waals surface area contributed by atoms with Gasteiger partial charge in [0.05, 0.1) is 17.6 Å². The molecule has 6 nitrogen and oxygen atoms in total. The Morgan fingerprint density at radius 2 is 1.83 bits per heavy atom. The molecule has 6 heteroatoms. The Hall–Kier alpha value is -2.21. The molecule has 1 saturated heterocycles. The summed E-state index contributed by atoms with van der Waals surface area (Å²) in [5, 5.41) is 5.55. The second kappa shape index (κ2) is 6.73. The molecule has 3 rings (SSSR count). The molecule has 0 spiro atoms. The van der Waals surface area contributed by atoms with Gasteiger partial charge in [0.1, 0.15) is 0 Å². The number of ether oxygens (including phenoxy) is 1. The number of fused-ring (bicyclic) bond motifs is 1. The average Bonchev–Trinajstić information content (AvgIpc) is 2.56. The van der Waals surface area contributed by atoms with E-state index in [-0.39, 0.29) is 23.7 Å². The quantitative estimate of drug-likeness (QED) is 0.864. The summed E-state index contributed by atoms with van der Waals surface area (Å²) in [6.07, 6.45) is 0.765. The lowest BCUT2D eigenvalue weighted by Crippen LogP contribution is -2.48. The van der Waals surface area contributed by atoms with Crippen molar-refractivity contribution < 1.29 is 9.53 Å². The van der Waals surface area contributed by atoms with Crippen molar-refractivity contribution >= 4 is 16.7 Å². The largest absolute Gasteiger partial charge is 0.372 e. The van der Waals surface area contributed by atoms with Gasteiger partial charge in [-0.05, 0) is 26.3 Å². The standard InChI is InChI=1S/C18H23N3O3/c1-4-9-21-17(22)15-8-6-5-7-14(15)16(19-21)18(23)20-10-12(2)24-13(3)11-20/h5-8,12-13H,4,9-11H2,1-3H3. The highest BCUT2D eigenvalue weighted by atomic mass is 16.5. The first-order valence-corrected chi connectivity index (χ1v) is 8.45. The van der Waals surface area contributed by atoms with Gasteiger partial charge in [-0.2, -0.15) is 5.10 Å². The van der Waals surface area contributed by atoms with Crippen LogP contribution in [0.3, 0.4) is 0 Å². The van der Waals surface area contributed by atoms with Crippen molar-refractivity contribution in [1.29, 1.82) is 0 Å². The first kappa shape index (κ1) is 16.6. The van der Waals surface area contributed by atoms with Gasteiger partial charge in [-0.15, -0.1) is 0 Å². The lowest BCUT2D eigenvalue weighted by atomic mass is 10.1. The van der Waals surface area contributed by atoms with Crippen LogP contribution in [0.2, 0.25) is 0 Å². The maximum absolute atomic E-state index is 13.1. The highest BCUT2D eigenvalue weighted by molar-refractivity contribution is 6.04. The van der Waals surface area contributed by atoms with E-state index in [4.69, 9.17) is 4.74 Å². The Morgan fingerprint density at radius 1 is 1.21 bits per heavy atom. The second-order valence-corrected chi connectivity index (χ2v) is 6.39. The zero-order chi connectivity index (χ0) is 17.3. The molecule has 2 unspecified atom stereocenters. The smallest absolute Gasteiger partial charge is 0.275 e. The van der Waals surface area contributed by atoms with Gasteiger partial charge >= 0.3 is 0 Å². The van der Waals surface area contributed by atoms with Crippen LogP contribution in [-0.4, -0.2) is 45.9 Å². The zero-order valence-corrected chi connectivity index (χ0v) is 14.4.